The highest BCUT2D eigenvalue weighted by Gasteiger charge is 2.15. The number of hydrogen-bond acceptors (Lipinski definition) is 1. The highest BCUT2D eigenvalue weighted by Crippen LogP contribution is 2.23. The van der Waals surface area contributed by atoms with Crippen molar-refractivity contribution in [3.05, 3.63) is 28.8 Å². The van der Waals surface area contributed by atoms with Crippen LogP contribution in [0.5, 0.6) is 0 Å². The molecular weight excluding hydrogens is 250 g/mol. The summed E-state index contributed by atoms with van der Waals surface area (Å²) in [4.78, 5) is 17.9. The Kier molecular flexibility index (Phi) is 3.87. The van der Waals surface area contributed by atoms with Gasteiger partial charge in [-0.15, -0.1) is 0 Å². The number of amidine groups is 1. The Hall–Kier alpha value is -1.55. The molecule has 1 aromatic rings. The Bertz CT molecular complexity index is 499. The molecule has 0 bridgehead atoms. The maximum Gasteiger partial charge on any atom is 0.347 e. The van der Waals surface area contributed by atoms with Crippen LogP contribution in [-0.4, -0.2) is 30.4 Å². The van der Waals surface area contributed by atoms with Gasteiger partial charge >= 0.3 is 6.03 Å². The fraction of sp³-hybridized carbons (Fsp3) is 0.385. The number of carbonyl (C=O) groups is 1. The lowest BCUT2D eigenvalue weighted by atomic mass is 10.2. The normalized spacial score (nSPS) is 17.3. The molecule has 1 heterocycles. The molecule has 1 N–H and O–H groups in total. The van der Waals surface area contributed by atoms with Crippen LogP contribution < -0.4 is 5.32 Å². The first kappa shape index (κ1) is 12.9. The van der Waals surface area contributed by atoms with Gasteiger partial charge in [-0.1, -0.05) is 17.7 Å². The summed E-state index contributed by atoms with van der Waals surface area (Å²) in [7, 11) is 1.95. The number of hydrogen-bond donors (Lipinski definition) is 1. The molecule has 0 aromatic heterocycles. The molecule has 2 amide bonds. The van der Waals surface area contributed by atoms with E-state index in [1.807, 2.05) is 24.9 Å². The first-order valence-corrected chi connectivity index (χ1v) is 6.30. The van der Waals surface area contributed by atoms with Crippen LogP contribution >= 0.6 is 11.6 Å². The fourth-order valence-electron chi connectivity index (χ4n) is 1.94. The average molecular weight is 266 g/mol. The lowest BCUT2D eigenvalue weighted by molar-refractivity contribution is 0.259. The van der Waals surface area contributed by atoms with Crippen LogP contribution in [0.25, 0.3) is 0 Å². The fourth-order valence-corrected chi connectivity index (χ4v) is 2.11. The Labute approximate surface area is 112 Å². The summed E-state index contributed by atoms with van der Waals surface area (Å²) < 4.78 is 0. The maximum atomic E-state index is 11.8. The van der Waals surface area contributed by atoms with E-state index in [4.69, 9.17) is 11.6 Å². The van der Waals surface area contributed by atoms with Gasteiger partial charge in [-0.25, -0.2) is 4.79 Å². The van der Waals surface area contributed by atoms with Crippen LogP contribution in [0, 0.1) is 6.92 Å². The smallest absolute Gasteiger partial charge is 0.347 e. The quantitative estimate of drug-likeness (QED) is 0.847. The van der Waals surface area contributed by atoms with Crippen molar-refractivity contribution >= 4 is 29.2 Å². The number of anilines is 1. The summed E-state index contributed by atoms with van der Waals surface area (Å²) in [6.07, 6.45) is 1.91. The topological polar surface area (TPSA) is 44.7 Å². The second kappa shape index (κ2) is 5.40. The van der Waals surface area contributed by atoms with Crippen molar-refractivity contribution in [3.8, 4) is 0 Å². The molecule has 2 rings (SSSR count). The van der Waals surface area contributed by atoms with Crippen LogP contribution in [0.15, 0.2) is 23.2 Å². The number of carbonyl (C=O) groups excluding carboxylic acids is 1. The van der Waals surface area contributed by atoms with Gasteiger partial charge in [0.25, 0.3) is 0 Å². The maximum absolute atomic E-state index is 11.8. The lowest BCUT2D eigenvalue weighted by Crippen LogP contribution is -2.21. The van der Waals surface area contributed by atoms with Gasteiger partial charge in [0.2, 0.25) is 0 Å². The minimum absolute atomic E-state index is 0.343. The van der Waals surface area contributed by atoms with E-state index in [2.05, 4.69) is 10.3 Å². The number of urea groups is 1. The predicted octanol–water partition coefficient (Wildman–Crippen LogP) is 3.30. The monoisotopic (exact) mass is 265 g/mol. The molecule has 1 aliphatic heterocycles. The molecule has 0 saturated carbocycles. The Morgan fingerprint density at radius 3 is 2.94 bits per heavy atom. The average Bonchev–Trinajstić information content (AvgIpc) is 2.71. The van der Waals surface area contributed by atoms with Crippen molar-refractivity contribution in [1.29, 1.82) is 0 Å². The number of nitrogens with zero attached hydrogens (tertiary/aromatic N) is 2. The van der Waals surface area contributed by atoms with E-state index in [0.717, 1.165) is 30.8 Å². The molecule has 0 spiro atoms. The van der Waals surface area contributed by atoms with Crippen molar-refractivity contribution in [2.45, 2.75) is 19.8 Å². The van der Waals surface area contributed by atoms with Crippen LogP contribution in [0.2, 0.25) is 5.02 Å². The second-order valence-corrected chi connectivity index (χ2v) is 4.80. The summed E-state index contributed by atoms with van der Waals surface area (Å²) in [6.45, 7) is 2.83. The number of halogens is 1. The number of aliphatic imine (C=N–C) groups is 1. The highest BCUT2D eigenvalue weighted by molar-refractivity contribution is 6.31. The van der Waals surface area contributed by atoms with Crippen molar-refractivity contribution in [2.75, 3.05) is 18.9 Å². The minimum Gasteiger partial charge on any atom is -0.363 e. The molecule has 1 aromatic carbocycles. The van der Waals surface area contributed by atoms with Gasteiger partial charge in [0.15, 0.2) is 0 Å². The lowest BCUT2D eigenvalue weighted by Gasteiger charge is -2.11. The van der Waals surface area contributed by atoms with E-state index in [9.17, 15) is 4.79 Å². The number of benzene rings is 1. The Balaban J connectivity index is 2.10. The molecule has 0 atom stereocenters. The van der Waals surface area contributed by atoms with Gasteiger partial charge < -0.3 is 10.2 Å². The van der Waals surface area contributed by atoms with Crippen LogP contribution in [0.4, 0.5) is 10.5 Å². The minimum atomic E-state index is -0.343. The zero-order valence-corrected chi connectivity index (χ0v) is 11.3. The number of rotatable bonds is 1. The summed E-state index contributed by atoms with van der Waals surface area (Å²) in [6, 6.07) is 5.07. The van der Waals surface area contributed by atoms with Gasteiger partial charge in [-0.2, -0.15) is 4.99 Å². The zero-order chi connectivity index (χ0) is 13.1. The Morgan fingerprint density at radius 2 is 2.28 bits per heavy atom. The summed E-state index contributed by atoms with van der Waals surface area (Å²) in [5, 5.41) is 3.40. The molecule has 1 aliphatic rings. The number of nitrogens with one attached hydrogen (secondary N) is 1. The third-order valence-corrected chi connectivity index (χ3v) is 3.48. The molecular formula is C13H16ClN3O. The van der Waals surface area contributed by atoms with Gasteiger partial charge in [0.1, 0.15) is 5.84 Å². The molecule has 96 valence electrons. The summed E-state index contributed by atoms with van der Waals surface area (Å²) >= 11 is 6.00. The van der Waals surface area contributed by atoms with E-state index < -0.39 is 0 Å². The first-order valence-electron chi connectivity index (χ1n) is 5.92. The van der Waals surface area contributed by atoms with Gasteiger partial charge in [-0.05, 0) is 31.0 Å². The molecule has 18 heavy (non-hydrogen) atoms. The van der Waals surface area contributed by atoms with E-state index in [-0.39, 0.29) is 6.03 Å². The molecule has 5 heteroatoms. The van der Waals surface area contributed by atoms with Crippen molar-refractivity contribution < 1.29 is 4.79 Å². The molecule has 4 nitrogen and oxygen atoms in total. The van der Waals surface area contributed by atoms with Gasteiger partial charge in [0.05, 0.1) is 0 Å². The van der Waals surface area contributed by atoms with Gasteiger partial charge in [0, 0.05) is 30.7 Å². The van der Waals surface area contributed by atoms with Crippen LogP contribution in [-0.2, 0) is 0 Å². The SMILES string of the molecule is Cc1c(Cl)cccc1NC(=O)N=C1CCCN1C. The summed E-state index contributed by atoms with van der Waals surface area (Å²) in [5.41, 5.74) is 1.56. The molecule has 0 aliphatic carbocycles. The van der Waals surface area contributed by atoms with E-state index in [1.165, 1.54) is 0 Å². The first-order chi connectivity index (χ1) is 8.58. The van der Waals surface area contributed by atoms with E-state index >= 15 is 0 Å². The molecule has 1 saturated heterocycles. The highest BCUT2D eigenvalue weighted by atomic mass is 35.5. The van der Waals surface area contributed by atoms with Gasteiger partial charge in [-0.3, -0.25) is 0 Å². The van der Waals surface area contributed by atoms with Crippen molar-refractivity contribution in [1.82, 2.24) is 4.90 Å². The third kappa shape index (κ3) is 2.82. The molecule has 0 unspecified atom stereocenters. The standard InChI is InChI=1S/C13H16ClN3O/c1-9-10(14)5-3-6-11(9)15-13(18)16-12-7-4-8-17(12)2/h3,5-6H,4,7-8H2,1-2H3,(H,15,18). The number of likely N-dealkylation sites (tertiary alicyclic amines) is 1. The predicted molar refractivity (Wildman–Crippen MR) is 74.5 cm³/mol. The second-order valence-electron chi connectivity index (χ2n) is 4.40. The Morgan fingerprint density at radius 1 is 1.50 bits per heavy atom. The largest absolute Gasteiger partial charge is 0.363 e. The van der Waals surface area contributed by atoms with Crippen molar-refractivity contribution in [3.63, 3.8) is 0 Å². The van der Waals surface area contributed by atoms with Crippen molar-refractivity contribution in [2.24, 2.45) is 4.99 Å². The van der Waals surface area contributed by atoms with E-state index in [1.54, 1.807) is 12.1 Å². The molecule has 0 radical (unpaired) electrons. The molecule has 1 fully saturated rings. The van der Waals surface area contributed by atoms with E-state index in [0.29, 0.717) is 10.7 Å². The summed E-state index contributed by atoms with van der Waals surface area (Å²) in [5.74, 6) is 0.840. The number of amides is 2. The zero-order valence-electron chi connectivity index (χ0n) is 10.5. The third-order valence-electron chi connectivity index (χ3n) is 3.07. The van der Waals surface area contributed by atoms with Crippen LogP contribution in [0.3, 0.4) is 0 Å². The van der Waals surface area contributed by atoms with Crippen LogP contribution in [0.1, 0.15) is 18.4 Å².